The van der Waals surface area contributed by atoms with E-state index in [9.17, 15) is 23.3 Å². The van der Waals surface area contributed by atoms with Crippen LogP contribution in [0.5, 0.6) is 0 Å². The van der Waals surface area contributed by atoms with Gasteiger partial charge in [0.1, 0.15) is 6.54 Å². The number of sulfonamides is 1. The Hall–Kier alpha value is -1.52. The summed E-state index contributed by atoms with van der Waals surface area (Å²) in [5.74, 6) is -1.34. The molecule has 8 nitrogen and oxygen atoms in total. The average Bonchev–Trinajstić information content (AvgIpc) is 2.34. The number of carboxylic acid groups (broad SMARTS) is 1. The van der Waals surface area contributed by atoms with Crippen molar-refractivity contribution in [1.82, 2.24) is 4.31 Å². The second-order valence-electron chi connectivity index (χ2n) is 4.41. The Labute approximate surface area is 129 Å². The lowest BCUT2D eigenvalue weighted by Gasteiger charge is -2.23. The minimum atomic E-state index is -4.30. The number of nitro groups is 1. The van der Waals surface area contributed by atoms with Crippen LogP contribution in [0.3, 0.4) is 0 Å². The maximum atomic E-state index is 12.5. The highest BCUT2D eigenvalue weighted by atomic mass is 79.9. The van der Waals surface area contributed by atoms with Gasteiger partial charge in [0.25, 0.3) is 15.7 Å². The van der Waals surface area contributed by atoms with Crippen molar-refractivity contribution >= 4 is 37.6 Å². The quantitative estimate of drug-likeness (QED) is 0.594. The van der Waals surface area contributed by atoms with Gasteiger partial charge in [0, 0.05) is 16.6 Å². The molecule has 1 aromatic rings. The van der Waals surface area contributed by atoms with Gasteiger partial charge in [0.15, 0.2) is 4.90 Å². The van der Waals surface area contributed by atoms with Crippen molar-refractivity contribution in [1.29, 1.82) is 0 Å². The molecule has 0 radical (unpaired) electrons. The van der Waals surface area contributed by atoms with Crippen LogP contribution in [0.1, 0.15) is 13.8 Å². The standard InChI is InChI=1S/C11H13BrN2O6S/c1-7(2)13(6-11(15)16)21(19,20)10-4-3-8(12)5-9(10)14(17)18/h3-5,7H,6H2,1-2H3,(H,15,16). The summed E-state index contributed by atoms with van der Waals surface area (Å²) in [4.78, 5) is 20.5. The van der Waals surface area contributed by atoms with E-state index in [2.05, 4.69) is 15.9 Å². The molecule has 0 amide bonds. The Bertz CT molecular complexity index is 673. The number of carboxylic acids is 1. The highest BCUT2D eigenvalue weighted by Gasteiger charge is 2.34. The molecule has 116 valence electrons. The molecule has 0 saturated heterocycles. The molecule has 0 unspecified atom stereocenters. The summed E-state index contributed by atoms with van der Waals surface area (Å²) < 4.78 is 26.0. The van der Waals surface area contributed by atoms with Gasteiger partial charge in [-0.3, -0.25) is 14.9 Å². The predicted molar refractivity (Wildman–Crippen MR) is 77.5 cm³/mol. The van der Waals surface area contributed by atoms with E-state index in [0.29, 0.717) is 8.78 Å². The molecule has 0 saturated carbocycles. The fourth-order valence-corrected chi connectivity index (χ4v) is 3.73. The van der Waals surface area contributed by atoms with Gasteiger partial charge >= 0.3 is 5.97 Å². The van der Waals surface area contributed by atoms with Crippen LogP contribution in [-0.2, 0) is 14.8 Å². The van der Waals surface area contributed by atoms with Crippen LogP contribution in [0.4, 0.5) is 5.69 Å². The molecule has 0 bridgehead atoms. The zero-order valence-electron chi connectivity index (χ0n) is 11.2. The van der Waals surface area contributed by atoms with Crippen molar-refractivity contribution in [3.05, 3.63) is 32.8 Å². The molecule has 0 spiro atoms. The van der Waals surface area contributed by atoms with Crippen LogP contribution in [0, 0.1) is 10.1 Å². The summed E-state index contributed by atoms with van der Waals surface area (Å²) in [6.07, 6.45) is 0. The topological polar surface area (TPSA) is 118 Å². The third-order valence-electron chi connectivity index (χ3n) is 2.57. The molecule has 0 aliphatic carbocycles. The first kappa shape index (κ1) is 17.5. The Morgan fingerprint density at radius 2 is 2.05 bits per heavy atom. The van der Waals surface area contributed by atoms with E-state index in [1.807, 2.05) is 0 Å². The first-order valence-electron chi connectivity index (χ1n) is 5.75. The first-order valence-corrected chi connectivity index (χ1v) is 7.98. The molecular weight excluding hydrogens is 368 g/mol. The number of halogens is 1. The van der Waals surface area contributed by atoms with Crippen molar-refractivity contribution < 1.29 is 23.2 Å². The van der Waals surface area contributed by atoms with Crippen LogP contribution < -0.4 is 0 Å². The molecule has 0 aliphatic heterocycles. The average molecular weight is 381 g/mol. The summed E-state index contributed by atoms with van der Waals surface area (Å²) in [7, 11) is -4.30. The van der Waals surface area contributed by atoms with Crippen LogP contribution in [-0.4, -0.2) is 41.3 Å². The second kappa shape index (κ2) is 6.50. The first-order chi connectivity index (χ1) is 9.57. The number of nitrogens with zero attached hydrogens (tertiary/aromatic N) is 2. The van der Waals surface area contributed by atoms with Gasteiger partial charge in [0.05, 0.1) is 4.92 Å². The van der Waals surface area contributed by atoms with Gasteiger partial charge in [-0.05, 0) is 26.0 Å². The molecule has 0 fully saturated rings. The number of hydrogen-bond donors (Lipinski definition) is 1. The van der Waals surface area contributed by atoms with E-state index in [1.54, 1.807) is 0 Å². The summed E-state index contributed by atoms with van der Waals surface area (Å²) in [5.41, 5.74) is -0.611. The molecule has 1 N–H and O–H groups in total. The highest BCUT2D eigenvalue weighted by Crippen LogP contribution is 2.30. The Morgan fingerprint density at radius 1 is 1.48 bits per heavy atom. The Kier molecular flexibility index (Phi) is 5.42. The Morgan fingerprint density at radius 3 is 2.48 bits per heavy atom. The molecule has 0 aromatic heterocycles. The van der Waals surface area contributed by atoms with Crippen LogP contribution in [0.25, 0.3) is 0 Å². The maximum Gasteiger partial charge on any atom is 0.318 e. The molecule has 10 heteroatoms. The van der Waals surface area contributed by atoms with E-state index < -0.39 is 44.1 Å². The van der Waals surface area contributed by atoms with E-state index in [-0.39, 0.29) is 0 Å². The van der Waals surface area contributed by atoms with Gasteiger partial charge in [0.2, 0.25) is 0 Å². The fourth-order valence-electron chi connectivity index (χ4n) is 1.66. The number of hydrogen-bond acceptors (Lipinski definition) is 5. The zero-order valence-corrected chi connectivity index (χ0v) is 13.6. The number of carbonyl (C=O) groups is 1. The second-order valence-corrected chi connectivity index (χ2v) is 7.18. The molecular formula is C11H13BrN2O6S. The fraction of sp³-hybridized carbons (Fsp3) is 0.364. The third kappa shape index (κ3) is 3.99. The summed E-state index contributed by atoms with van der Waals surface area (Å²) in [6.45, 7) is 2.21. The van der Waals surface area contributed by atoms with Gasteiger partial charge in [-0.25, -0.2) is 8.42 Å². The van der Waals surface area contributed by atoms with Gasteiger partial charge < -0.3 is 5.11 Å². The molecule has 0 heterocycles. The van der Waals surface area contributed by atoms with Crippen LogP contribution >= 0.6 is 15.9 Å². The lowest BCUT2D eigenvalue weighted by Crippen LogP contribution is -2.40. The number of rotatable bonds is 6. The summed E-state index contributed by atoms with van der Waals surface area (Å²) in [6, 6.07) is 2.83. The lowest BCUT2D eigenvalue weighted by molar-refractivity contribution is -0.387. The smallest absolute Gasteiger partial charge is 0.318 e. The largest absolute Gasteiger partial charge is 0.480 e. The van der Waals surface area contributed by atoms with Gasteiger partial charge in [-0.2, -0.15) is 4.31 Å². The number of nitro benzene ring substituents is 1. The molecule has 1 aromatic carbocycles. The predicted octanol–water partition coefficient (Wildman–Crippen LogP) is 1.84. The highest BCUT2D eigenvalue weighted by molar-refractivity contribution is 9.10. The monoisotopic (exact) mass is 380 g/mol. The molecule has 1 rings (SSSR count). The number of aliphatic carboxylic acids is 1. The third-order valence-corrected chi connectivity index (χ3v) is 5.13. The SMILES string of the molecule is CC(C)N(CC(=O)O)S(=O)(=O)c1ccc(Br)cc1[N+](=O)[O-]. The minimum absolute atomic E-state index is 0.350. The van der Waals surface area contributed by atoms with Crippen molar-refractivity contribution in [2.24, 2.45) is 0 Å². The van der Waals surface area contributed by atoms with Crippen molar-refractivity contribution in [3.8, 4) is 0 Å². The number of benzene rings is 1. The van der Waals surface area contributed by atoms with Crippen molar-refractivity contribution in [3.63, 3.8) is 0 Å². The molecule has 0 atom stereocenters. The Balaban J connectivity index is 3.48. The van der Waals surface area contributed by atoms with E-state index in [1.165, 1.54) is 19.9 Å². The minimum Gasteiger partial charge on any atom is -0.480 e. The van der Waals surface area contributed by atoms with Gasteiger partial charge in [-0.1, -0.05) is 15.9 Å². The van der Waals surface area contributed by atoms with Crippen molar-refractivity contribution in [2.75, 3.05) is 6.54 Å². The molecule has 21 heavy (non-hydrogen) atoms. The van der Waals surface area contributed by atoms with E-state index >= 15 is 0 Å². The van der Waals surface area contributed by atoms with Crippen LogP contribution in [0.15, 0.2) is 27.6 Å². The van der Waals surface area contributed by atoms with E-state index in [4.69, 9.17) is 5.11 Å². The maximum absolute atomic E-state index is 12.5. The van der Waals surface area contributed by atoms with Gasteiger partial charge in [-0.15, -0.1) is 0 Å². The van der Waals surface area contributed by atoms with Crippen LogP contribution in [0.2, 0.25) is 0 Å². The van der Waals surface area contributed by atoms with Crippen molar-refractivity contribution in [2.45, 2.75) is 24.8 Å². The zero-order chi connectivity index (χ0) is 16.4. The molecule has 0 aliphatic rings. The normalized spacial score (nSPS) is 11.9. The lowest BCUT2D eigenvalue weighted by atomic mass is 10.3. The summed E-state index contributed by atoms with van der Waals surface area (Å²) >= 11 is 3.03. The summed E-state index contributed by atoms with van der Waals surface area (Å²) in [5, 5.41) is 19.8. The van der Waals surface area contributed by atoms with E-state index in [0.717, 1.165) is 12.1 Å².